The van der Waals surface area contributed by atoms with Gasteiger partial charge in [0.2, 0.25) is 5.95 Å². The summed E-state index contributed by atoms with van der Waals surface area (Å²) in [6.45, 7) is 4.56. The van der Waals surface area contributed by atoms with E-state index in [0.717, 1.165) is 16.7 Å². The lowest BCUT2D eigenvalue weighted by atomic mass is 9.95. The molecule has 0 aliphatic carbocycles. The monoisotopic (exact) mass is 466 g/mol. The van der Waals surface area contributed by atoms with E-state index in [-0.39, 0.29) is 6.61 Å². The minimum atomic E-state index is -0.501. The molecule has 0 amide bonds. The first kappa shape index (κ1) is 22.4. The van der Waals surface area contributed by atoms with E-state index < -0.39 is 12.0 Å². The zero-order chi connectivity index (χ0) is 24.2. The SMILES string of the molecule is CC1=C(C(=O)OCc2ccccc2)C(c2cccc(OCc3ccccc3C)c2)n2ncnc2N1. The van der Waals surface area contributed by atoms with Crippen molar-refractivity contribution in [2.75, 3.05) is 5.32 Å². The predicted octanol–water partition coefficient (Wildman–Crippen LogP) is 5.20. The number of carbonyl (C=O) groups is 1. The van der Waals surface area contributed by atoms with Crippen LogP contribution < -0.4 is 10.1 Å². The molecule has 1 aliphatic rings. The topological polar surface area (TPSA) is 78.3 Å². The van der Waals surface area contributed by atoms with E-state index >= 15 is 0 Å². The Labute approximate surface area is 204 Å². The Morgan fingerprint density at radius 3 is 2.60 bits per heavy atom. The van der Waals surface area contributed by atoms with Gasteiger partial charge in [-0.3, -0.25) is 0 Å². The average molecular weight is 467 g/mol. The van der Waals surface area contributed by atoms with Crippen molar-refractivity contribution in [3.05, 3.63) is 119 Å². The van der Waals surface area contributed by atoms with Gasteiger partial charge in [-0.15, -0.1) is 0 Å². The Hall–Kier alpha value is -4.39. The van der Waals surface area contributed by atoms with Crippen LogP contribution in [0.4, 0.5) is 5.95 Å². The largest absolute Gasteiger partial charge is 0.489 e. The average Bonchev–Trinajstić information content (AvgIpc) is 3.35. The lowest BCUT2D eigenvalue weighted by Crippen LogP contribution is -2.29. The molecule has 7 heteroatoms. The molecule has 35 heavy (non-hydrogen) atoms. The standard InChI is InChI=1S/C28H26N4O3/c1-19-9-6-7-12-23(19)17-34-24-14-8-13-22(15-24)26-25(20(2)31-28-29-18-30-32(26)28)27(33)35-16-21-10-4-3-5-11-21/h3-15,18,26H,16-17H2,1-2H3,(H,29,30,31). The summed E-state index contributed by atoms with van der Waals surface area (Å²) in [6.07, 6.45) is 1.47. The number of aromatic nitrogens is 3. The van der Waals surface area contributed by atoms with Gasteiger partial charge in [-0.1, -0.05) is 66.7 Å². The third-order valence-corrected chi connectivity index (χ3v) is 6.06. The van der Waals surface area contributed by atoms with Crippen molar-refractivity contribution in [3.63, 3.8) is 0 Å². The highest BCUT2D eigenvalue weighted by atomic mass is 16.5. The highest BCUT2D eigenvalue weighted by Crippen LogP contribution is 2.36. The van der Waals surface area contributed by atoms with Gasteiger partial charge in [0, 0.05) is 5.70 Å². The first-order valence-electron chi connectivity index (χ1n) is 11.5. The molecule has 1 N–H and O–H groups in total. The van der Waals surface area contributed by atoms with E-state index in [2.05, 4.69) is 34.5 Å². The van der Waals surface area contributed by atoms with Crippen molar-refractivity contribution in [3.8, 4) is 5.75 Å². The molecule has 5 rings (SSSR count). The van der Waals surface area contributed by atoms with Crippen molar-refractivity contribution in [2.45, 2.75) is 33.1 Å². The Morgan fingerprint density at radius 2 is 1.77 bits per heavy atom. The number of benzene rings is 3. The van der Waals surface area contributed by atoms with E-state index in [1.54, 1.807) is 4.68 Å². The van der Waals surface area contributed by atoms with E-state index in [4.69, 9.17) is 9.47 Å². The lowest BCUT2D eigenvalue weighted by molar-refractivity contribution is -0.140. The van der Waals surface area contributed by atoms with Crippen molar-refractivity contribution in [1.29, 1.82) is 0 Å². The van der Waals surface area contributed by atoms with Crippen molar-refractivity contribution >= 4 is 11.9 Å². The molecule has 176 valence electrons. The fourth-order valence-electron chi connectivity index (χ4n) is 4.17. The molecule has 0 fully saturated rings. The minimum Gasteiger partial charge on any atom is -0.489 e. The van der Waals surface area contributed by atoms with Gasteiger partial charge in [0.05, 0.1) is 5.57 Å². The smallest absolute Gasteiger partial charge is 0.338 e. The van der Waals surface area contributed by atoms with Gasteiger partial charge < -0.3 is 14.8 Å². The molecule has 7 nitrogen and oxygen atoms in total. The molecular formula is C28H26N4O3. The molecule has 3 aromatic carbocycles. The van der Waals surface area contributed by atoms with Gasteiger partial charge >= 0.3 is 5.97 Å². The quantitative estimate of drug-likeness (QED) is 0.377. The van der Waals surface area contributed by atoms with Crippen LogP contribution in [0.25, 0.3) is 0 Å². The van der Waals surface area contributed by atoms with E-state index in [0.29, 0.717) is 29.6 Å². The van der Waals surface area contributed by atoms with Crippen LogP contribution in [0.2, 0.25) is 0 Å². The lowest BCUT2D eigenvalue weighted by Gasteiger charge is -2.28. The van der Waals surface area contributed by atoms with E-state index in [9.17, 15) is 4.79 Å². The number of rotatable bonds is 7. The van der Waals surface area contributed by atoms with Crippen LogP contribution in [0, 0.1) is 6.92 Å². The zero-order valence-corrected chi connectivity index (χ0v) is 19.6. The summed E-state index contributed by atoms with van der Waals surface area (Å²) in [6, 6.07) is 25.0. The summed E-state index contributed by atoms with van der Waals surface area (Å²) >= 11 is 0. The normalized spacial score (nSPS) is 14.7. The summed E-state index contributed by atoms with van der Waals surface area (Å²) < 4.78 is 13.5. The number of hydrogen-bond donors (Lipinski definition) is 1. The van der Waals surface area contributed by atoms with Crippen LogP contribution in [0.1, 0.15) is 35.2 Å². The summed E-state index contributed by atoms with van der Waals surface area (Å²) in [5, 5.41) is 7.57. The van der Waals surface area contributed by atoms with Crippen LogP contribution in [0.3, 0.4) is 0 Å². The van der Waals surface area contributed by atoms with E-state index in [1.165, 1.54) is 11.9 Å². The van der Waals surface area contributed by atoms with Crippen molar-refractivity contribution in [2.24, 2.45) is 0 Å². The molecule has 0 saturated heterocycles. The molecular weight excluding hydrogens is 440 g/mol. The molecule has 1 aliphatic heterocycles. The summed E-state index contributed by atoms with van der Waals surface area (Å²) in [5.74, 6) is 0.871. The number of nitrogens with one attached hydrogen (secondary N) is 1. The summed E-state index contributed by atoms with van der Waals surface area (Å²) in [7, 11) is 0. The maximum atomic E-state index is 13.3. The van der Waals surface area contributed by atoms with Crippen molar-refractivity contribution < 1.29 is 14.3 Å². The third kappa shape index (κ3) is 4.80. The zero-order valence-electron chi connectivity index (χ0n) is 19.6. The van der Waals surface area contributed by atoms with Crippen molar-refractivity contribution in [1.82, 2.24) is 14.8 Å². The number of carbonyl (C=O) groups excluding carboxylic acids is 1. The molecule has 2 heterocycles. The number of anilines is 1. The number of nitrogens with zero attached hydrogens (tertiary/aromatic N) is 3. The molecule has 0 saturated carbocycles. The number of aryl methyl sites for hydroxylation is 1. The fraction of sp³-hybridized carbons (Fsp3) is 0.179. The second-order valence-electron chi connectivity index (χ2n) is 8.44. The molecule has 1 aromatic heterocycles. The highest BCUT2D eigenvalue weighted by molar-refractivity contribution is 5.92. The Bertz CT molecular complexity index is 1380. The van der Waals surface area contributed by atoms with Crippen LogP contribution in [-0.4, -0.2) is 20.7 Å². The van der Waals surface area contributed by atoms with Crippen LogP contribution in [0.5, 0.6) is 5.75 Å². The number of ether oxygens (including phenoxy) is 2. The fourth-order valence-corrected chi connectivity index (χ4v) is 4.17. The molecule has 1 atom stereocenters. The third-order valence-electron chi connectivity index (χ3n) is 6.06. The molecule has 1 unspecified atom stereocenters. The second kappa shape index (κ2) is 9.85. The molecule has 0 radical (unpaired) electrons. The maximum Gasteiger partial charge on any atom is 0.338 e. The van der Waals surface area contributed by atoms with Crippen LogP contribution in [0.15, 0.2) is 96.5 Å². The first-order valence-corrected chi connectivity index (χ1v) is 11.5. The maximum absolute atomic E-state index is 13.3. The molecule has 4 aromatic rings. The summed E-state index contributed by atoms with van der Waals surface area (Å²) in [4.78, 5) is 17.6. The number of allylic oxidation sites excluding steroid dienone is 1. The number of hydrogen-bond acceptors (Lipinski definition) is 6. The van der Waals surface area contributed by atoms with Gasteiger partial charge in [-0.25, -0.2) is 9.48 Å². The van der Waals surface area contributed by atoms with Gasteiger partial charge in [-0.05, 0) is 48.2 Å². The van der Waals surface area contributed by atoms with Gasteiger partial charge in [0.1, 0.15) is 31.3 Å². The van der Waals surface area contributed by atoms with Gasteiger partial charge in [-0.2, -0.15) is 10.1 Å². The number of fused-ring (bicyclic) bond motifs is 1. The molecule has 0 bridgehead atoms. The summed E-state index contributed by atoms with van der Waals surface area (Å²) in [5.41, 5.74) is 5.24. The highest BCUT2D eigenvalue weighted by Gasteiger charge is 2.34. The molecule has 0 spiro atoms. The van der Waals surface area contributed by atoms with Crippen LogP contribution in [-0.2, 0) is 22.7 Å². The van der Waals surface area contributed by atoms with Gasteiger partial charge in [0.15, 0.2) is 0 Å². The predicted molar refractivity (Wildman–Crippen MR) is 133 cm³/mol. The Balaban J connectivity index is 1.42. The Kier molecular flexibility index (Phi) is 6.30. The minimum absolute atomic E-state index is 0.187. The Morgan fingerprint density at radius 1 is 0.971 bits per heavy atom. The number of esters is 1. The van der Waals surface area contributed by atoms with Crippen LogP contribution >= 0.6 is 0 Å². The second-order valence-corrected chi connectivity index (χ2v) is 8.44. The first-order chi connectivity index (χ1) is 17.1. The van der Waals surface area contributed by atoms with Gasteiger partial charge in [0.25, 0.3) is 0 Å². The van der Waals surface area contributed by atoms with E-state index in [1.807, 2.05) is 73.7 Å².